The van der Waals surface area contributed by atoms with Crippen LogP contribution < -0.4 is 16.0 Å². The highest BCUT2D eigenvalue weighted by molar-refractivity contribution is 5.97. The van der Waals surface area contributed by atoms with Crippen LogP contribution in [0, 0.1) is 0 Å². The Balaban J connectivity index is 2.16. The molecule has 0 bridgehead atoms. The summed E-state index contributed by atoms with van der Waals surface area (Å²) in [6.45, 7) is 3.41. The van der Waals surface area contributed by atoms with Gasteiger partial charge in [0.1, 0.15) is 0 Å². The number of hydrogen-bond donors (Lipinski definition) is 3. The molecule has 0 aromatic heterocycles. The second kappa shape index (κ2) is 6.45. The summed E-state index contributed by atoms with van der Waals surface area (Å²) < 4.78 is 5.22. The zero-order valence-corrected chi connectivity index (χ0v) is 11.8. The van der Waals surface area contributed by atoms with Crippen LogP contribution in [0.1, 0.15) is 23.7 Å². The van der Waals surface area contributed by atoms with E-state index < -0.39 is 5.97 Å². The topological polar surface area (TPSA) is 105 Å². The van der Waals surface area contributed by atoms with Gasteiger partial charge in [-0.25, -0.2) is 9.59 Å². The van der Waals surface area contributed by atoms with Gasteiger partial charge in [-0.05, 0) is 31.5 Å². The molecule has 1 saturated heterocycles. The molecule has 0 aliphatic carbocycles. The molecule has 21 heavy (non-hydrogen) atoms. The Morgan fingerprint density at radius 1 is 1.52 bits per heavy atom. The van der Waals surface area contributed by atoms with Crippen molar-refractivity contribution in [1.29, 1.82) is 0 Å². The van der Waals surface area contributed by atoms with E-state index in [-0.39, 0.29) is 23.3 Å². The Bertz CT molecular complexity index is 541. The zero-order valence-electron chi connectivity index (χ0n) is 11.8. The van der Waals surface area contributed by atoms with E-state index in [0.29, 0.717) is 25.4 Å². The summed E-state index contributed by atoms with van der Waals surface area (Å²) in [5.41, 5.74) is 6.72. The standard InChI is InChI=1S/C14H19N3O4/c1-2-17(14(20)16-10-5-6-21-8-10)12-4-3-9(13(18)19)7-11(12)15/h3-4,7,10H,2,5-6,8,15H2,1H3,(H,16,20)(H,18,19). The zero-order chi connectivity index (χ0) is 15.4. The van der Waals surface area contributed by atoms with E-state index in [1.165, 1.54) is 17.0 Å². The lowest BCUT2D eigenvalue weighted by Gasteiger charge is -2.24. The molecule has 2 rings (SSSR count). The average Bonchev–Trinajstić information content (AvgIpc) is 2.94. The number of carbonyl (C=O) groups excluding carboxylic acids is 1. The van der Waals surface area contributed by atoms with Crippen molar-refractivity contribution in [3.05, 3.63) is 23.8 Å². The van der Waals surface area contributed by atoms with Gasteiger partial charge in [0.2, 0.25) is 0 Å². The van der Waals surface area contributed by atoms with Gasteiger partial charge < -0.3 is 20.9 Å². The fourth-order valence-corrected chi connectivity index (χ4v) is 2.26. The van der Waals surface area contributed by atoms with Gasteiger partial charge in [0.05, 0.1) is 29.6 Å². The highest BCUT2D eigenvalue weighted by Crippen LogP contribution is 2.24. The normalized spacial score (nSPS) is 17.5. The molecule has 7 heteroatoms. The van der Waals surface area contributed by atoms with Gasteiger partial charge in [-0.15, -0.1) is 0 Å². The monoisotopic (exact) mass is 293 g/mol. The largest absolute Gasteiger partial charge is 0.478 e. The number of aromatic carboxylic acids is 1. The van der Waals surface area contributed by atoms with Crippen LogP contribution in [0.2, 0.25) is 0 Å². The number of anilines is 2. The van der Waals surface area contributed by atoms with Crippen molar-refractivity contribution >= 4 is 23.4 Å². The molecule has 1 heterocycles. The summed E-state index contributed by atoms with van der Waals surface area (Å²) in [5, 5.41) is 11.8. The van der Waals surface area contributed by atoms with Gasteiger partial charge >= 0.3 is 12.0 Å². The average molecular weight is 293 g/mol. The van der Waals surface area contributed by atoms with Gasteiger partial charge in [0.25, 0.3) is 0 Å². The Morgan fingerprint density at radius 3 is 2.81 bits per heavy atom. The molecular formula is C14H19N3O4. The number of nitrogen functional groups attached to an aromatic ring is 1. The molecule has 2 amide bonds. The molecule has 1 aromatic rings. The maximum Gasteiger partial charge on any atom is 0.335 e. The first kappa shape index (κ1) is 15.1. The Labute approximate surface area is 122 Å². The van der Waals surface area contributed by atoms with Crippen LogP contribution in [0.3, 0.4) is 0 Å². The molecule has 1 aliphatic heterocycles. The quantitative estimate of drug-likeness (QED) is 0.726. The Kier molecular flexibility index (Phi) is 4.64. The molecule has 0 saturated carbocycles. The minimum Gasteiger partial charge on any atom is -0.478 e. The number of amides is 2. The SMILES string of the molecule is CCN(C(=O)NC1CCOC1)c1ccc(C(=O)O)cc1N. The number of carbonyl (C=O) groups is 2. The van der Waals surface area contributed by atoms with E-state index >= 15 is 0 Å². The van der Waals surface area contributed by atoms with E-state index in [2.05, 4.69) is 5.32 Å². The number of nitrogens with two attached hydrogens (primary N) is 1. The lowest BCUT2D eigenvalue weighted by molar-refractivity contribution is 0.0697. The minimum absolute atomic E-state index is 0.00562. The number of benzene rings is 1. The maximum absolute atomic E-state index is 12.3. The Morgan fingerprint density at radius 2 is 2.29 bits per heavy atom. The summed E-state index contributed by atoms with van der Waals surface area (Å²) in [6, 6.07) is 4.08. The van der Waals surface area contributed by atoms with Crippen molar-refractivity contribution in [3.63, 3.8) is 0 Å². The van der Waals surface area contributed by atoms with E-state index in [1.807, 2.05) is 6.92 Å². The molecule has 1 atom stereocenters. The third-order valence-electron chi connectivity index (χ3n) is 3.38. The first-order chi connectivity index (χ1) is 10.0. The third-order valence-corrected chi connectivity index (χ3v) is 3.38. The van der Waals surface area contributed by atoms with Gasteiger partial charge in [0.15, 0.2) is 0 Å². The molecule has 7 nitrogen and oxygen atoms in total. The van der Waals surface area contributed by atoms with Crippen LogP contribution in [-0.4, -0.2) is 42.9 Å². The summed E-state index contributed by atoms with van der Waals surface area (Å²) in [7, 11) is 0. The molecule has 114 valence electrons. The molecule has 1 aromatic carbocycles. The van der Waals surface area contributed by atoms with Gasteiger partial charge in [-0.2, -0.15) is 0 Å². The number of hydrogen-bond acceptors (Lipinski definition) is 4. The minimum atomic E-state index is -1.05. The van der Waals surface area contributed by atoms with Gasteiger partial charge in [-0.1, -0.05) is 0 Å². The summed E-state index contributed by atoms with van der Waals surface area (Å²) in [4.78, 5) is 24.7. The highest BCUT2D eigenvalue weighted by Gasteiger charge is 2.23. The third kappa shape index (κ3) is 3.43. The van der Waals surface area contributed by atoms with Crippen LogP contribution in [-0.2, 0) is 4.74 Å². The second-order valence-corrected chi connectivity index (χ2v) is 4.83. The van der Waals surface area contributed by atoms with E-state index in [9.17, 15) is 9.59 Å². The van der Waals surface area contributed by atoms with Crippen molar-refractivity contribution < 1.29 is 19.4 Å². The van der Waals surface area contributed by atoms with Crippen molar-refractivity contribution in [2.75, 3.05) is 30.4 Å². The van der Waals surface area contributed by atoms with E-state index in [0.717, 1.165) is 6.42 Å². The summed E-state index contributed by atoms with van der Waals surface area (Å²) in [6.07, 6.45) is 0.788. The number of rotatable bonds is 4. The number of urea groups is 1. The molecule has 1 fully saturated rings. The van der Waals surface area contributed by atoms with Crippen LogP contribution >= 0.6 is 0 Å². The molecular weight excluding hydrogens is 274 g/mol. The predicted octanol–water partition coefficient (Wildman–Crippen LogP) is 1.29. The molecule has 1 aliphatic rings. The van der Waals surface area contributed by atoms with Gasteiger partial charge in [-0.3, -0.25) is 4.90 Å². The predicted molar refractivity (Wildman–Crippen MR) is 78.6 cm³/mol. The number of carboxylic acid groups (broad SMARTS) is 1. The molecule has 4 N–H and O–H groups in total. The fourth-order valence-electron chi connectivity index (χ4n) is 2.26. The number of ether oxygens (including phenoxy) is 1. The van der Waals surface area contributed by atoms with Crippen molar-refractivity contribution in [1.82, 2.24) is 5.32 Å². The van der Waals surface area contributed by atoms with Crippen LogP contribution in [0.15, 0.2) is 18.2 Å². The van der Waals surface area contributed by atoms with Crippen LogP contribution in [0.4, 0.5) is 16.2 Å². The highest BCUT2D eigenvalue weighted by atomic mass is 16.5. The number of carboxylic acids is 1. The molecule has 0 spiro atoms. The van der Waals surface area contributed by atoms with Crippen LogP contribution in [0.5, 0.6) is 0 Å². The first-order valence-electron chi connectivity index (χ1n) is 6.81. The number of nitrogens with zero attached hydrogens (tertiary/aromatic N) is 1. The van der Waals surface area contributed by atoms with Crippen molar-refractivity contribution in [2.24, 2.45) is 0 Å². The fraction of sp³-hybridized carbons (Fsp3) is 0.429. The second-order valence-electron chi connectivity index (χ2n) is 4.83. The summed E-state index contributed by atoms with van der Waals surface area (Å²) >= 11 is 0. The maximum atomic E-state index is 12.3. The Hall–Kier alpha value is -2.28. The van der Waals surface area contributed by atoms with Gasteiger partial charge in [0, 0.05) is 13.2 Å². The van der Waals surface area contributed by atoms with Crippen molar-refractivity contribution in [3.8, 4) is 0 Å². The lowest BCUT2D eigenvalue weighted by atomic mass is 10.1. The lowest BCUT2D eigenvalue weighted by Crippen LogP contribution is -2.45. The molecule has 0 radical (unpaired) electrons. The summed E-state index contributed by atoms with van der Waals surface area (Å²) in [5.74, 6) is -1.05. The van der Waals surface area contributed by atoms with Crippen LogP contribution in [0.25, 0.3) is 0 Å². The van der Waals surface area contributed by atoms with E-state index in [1.54, 1.807) is 6.07 Å². The number of nitrogens with one attached hydrogen (secondary N) is 1. The van der Waals surface area contributed by atoms with E-state index in [4.69, 9.17) is 15.6 Å². The smallest absolute Gasteiger partial charge is 0.335 e. The molecule has 1 unspecified atom stereocenters. The van der Waals surface area contributed by atoms with Crippen molar-refractivity contribution in [2.45, 2.75) is 19.4 Å². The first-order valence-corrected chi connectivity index (χ1v) is 6.81.